The molecule has 0 bridgehead atoms. The molecule has 0 saturated heterocycles. The summed E-state index contributed by atoms with van der Waals surface area (Å²) in [5, 5.41) is 2.71. The van der Waals surface area contributed by atoms with Crippen LogP contribution in [0.15, 0.2) is 47.1 Å². The topological polar surface area (TPSA) is 60.7 Å². The molecule has 1 heterocycles. The van der Waals surface area contributed by atoms with E-state index in [-0.39, 0.29) is 12.5 Å². The maximum absolute atomic E-state index is 11.8. The van der Waals surface area contributed by atoms with E-state index >= 15 is 0 Å². The van der Waals surface area contributed by atoms with Crippen LogP contribution in [0.4, 0.5) is 0 Å². The molecule has 0 aliphatic rings. The Balaban J connectivity index is 1.88. The predicted molar refractivity (Wildman–Crippen MR) is 83.8 cm³/mol. The van der Waals surface area contributed by atoms with E-state index in [0.29, 0.717) is 23.8 Å². The number of benzene rings is 1. The van der Waals surface area contributed by atoms with E-state index in [1.54, 1.807) is 31.6 Å². The van der Waals surface area contributed by atoms with Crippen molar-refractivity contribution < 1.29 is 18.7 Å². The number of methoxy groups -OCH3 is 1. The quantitative estimate of drug-likeness (QED) is 0.854. The third kappa shape index (κ3) is 4.41. The van der Waals surface area contributed by atoms with Crippen molar-refractivity contribution in [3.63, 3.8) is 0 Å². The first kappa shape index (κ1) is 15.7. The Labute approximate surface area is 129 Å². The lowest BCUT2D eigenvalue weighted by Crippen LogP contribution is -2.28. The van der Waals surface area contributed by atoms with Crippen molar-refractivity contribution in [3.05, 3.63) is 54.0 Å². The van der Waals surface area contributed by atoms with Crippen molar-refractivity contribution in [2.24, 2.45) is 0 Å². The lowest BCUT2D eigenvalue weighted by molar-refractivity contribution is -0.123. The first-order valence-electron chi connectivity index (χ1n) is 6.95. The van der Waals surface area contributed by atoms with E-state index in [1.165, 1.54) is 0 Å². The molecule has 1 N–H and O–H groups in total. The van der Waals surface area contributed by atoms with Crippen molar-refractivity contribution in [1.82, 2.24) is 5.32 Å². The second-order valence-corrected chi connectivity index (χ2v) is 4.56. The zero-order valence-corrected chi connectivity index (χ0v) is 12.7. The van der Waals surface area contributed by atoms with Gasteiger partial charge in [0, 0.05) is 0 Å². The van der Waals surface area contributed by atoms with Crippen LogP contribution in [0.3, 0.4) is 0 Å². The van der Waals surface area contributed by atoms with Crippen LogP contribution >= 0.6 is 0 Å². The van der Waals surface area contributed by atoms with Crippen LogP contribution in [0.5, 0.6) is 11.5 Å². The first-order chi connectivity index (χ1) is 10.7. The number of nitrogens with one attached hydrogen (secondary N) is 1. The van der Waals surface area contributed by atoms with Crippen molar-refractivity contribution in [3.8, 4) is 11.5 Å². The number of hydrogen-bond donors (Lipinski definition) is 1. The van der Waals surface area contributed by atoms with Gasteiger partial charge in [0.1, 0.15) is 5.76 Å². The lowest BCUT2D eigenvalue weighted by atomic mass is 10.2. The highest BCUT2D eigenvalue weighted by atomic mass is 16.5. The van der Waals surface area contributed by atoms with Crippen LogP contribution in [0.2, 0.25) is 0 Å². The Morgan fingerprint density at radius 1 is 1.32 bits per heavy atom. The van der Waals surface area contributed by atoms with Gasteiger partial charge in [-0.2, -0.15) is 0 Å². The summed E-state index contributed by atoms with van der Waals surface area (Å²) in [4.78, 5) is 11.8. The molecule has 0 radical (unpaired) electrons. The number of allylic oxidation sites excluding steroid dienone is 1. The summed E-state index contributed by atoms with van der Waals surface area (Å²) < 4.78 is 15.9. The number of carbonyl (C=O) groups excluding carboxylic acids is 1. The third-order valence-corrected chi connectivity index (χ3v) is 2.95. The van der Waals surface area contributed by atoms with Gasteiger partial charge in [-0.25, -0.2) is 0 Å². The molecular formula is C17H19NO4. The second kappa shape index (κ2) is 7.93. The monoisotopic (exact) mass is 301 g/mol. The second-order valence-electron chi connectivity index (χ2n) is 4.56. The van der Waals surface area contributed by atoms with Gasteiger partial charge in [-0.05, 0) is 36.8 Å². The molecular weight excluding hydrogens is 282 g/mol. The summed E-state index contributed by atoms with van der Waals surface area (Å²) in [5.41, 5.74) is 1.01. The number of ether oxygens (including phenoxy) is 2. The molecule has 0 spiro atoms. The standard InChI is InChI=1S/C17H19NO4/c1-3-5-13-7-8-15(16(10-13)20-2)22-12-17(19)18-11-14-6-4-9-21-14/h3-10H,11-12H2,1-2H3,(H,18,19). The summed E-state index contributed by atoms with van der Waals surface area (Å²) in [6.45, 7) is 2.20. The Morgan fingerprint density at radius 3 is 2.86 bits per heavy atom. The zero-order valence-electron chi connectivity index (χ0n) is 12.7. The minimum absolute atomic E-state index is 0.0833. The van der Waals surface area contributed by atoms with Crippen molar-refractivity contribution in [1.29, 1.82) is 0 Å². The molecule has 116 valence electrons. The molecule has 5 heteroatoms. The normalized spacial score (nSPS) is 10.6. The van der Waals surface area contributed by atoms with Crippen LogP contribution in [0.1, 0.15) is 18.2 Å². The smallest absolute Gasteiger partial charge is 0.258 e. The average molecular weight is 301 g/mol. The Morgan fingerprint density at radius 2 is 2.18 bits per heavy atom. The minimum atomic E-state index is -0.226. The lowest BCUT2D eigenvalue weighted by Gasteiger charge is -2.11. The molecule has 22 heavy (non-hydrogen) atoms. The molecule has 0 atom stereocenters. The number of carbonyl (C=O) groups is 1. The molecule has 5 nitrogen and oxygen atoms in total. The largest absolute Gasteiger partial charge is 0.493 e. The van der Waals surface area contributed by atoms with E-state index in [1.807, 2.05) is 31.2 Å². The average Bonchev–Trinajstić information content (AvgIpc) is 3.05. The van der Waals surface area contributed by atoms with Crippen molar-refractivity contribution >= 4 is 12.0 Å². The molecule has 1 aromatic carbocycles. The Hall–Kier alpha value is -2.69. The number of hydrogen-bond acceptors (Lipinski definition) is 4. The summed E-state index contributed by atoms with van der Waals surface area (Å²) in [6, 6.07) is 9.11. The van der Waals surface area contributed by atoms with Crippen LogP contribution < -0.4 is 14.8 Å². The van der Waals surface area contributed by atoms with E-state index in [9.17, 15) is 4.79 Å². The van der Waals surface area contributed by atoms with Gasteiger partial charge in [0.2, 0.25) is 0 Å². The molecule has 0 aliphatic heterocycles. The first-order valence-corrected chi connectivity index (χ1v) is 6.95. The van der Waals surface area contributed by atoms with E-state index in [0.717, 1.165) is 5.56 Å². The molecule has 1 amide bonds. The molecule has 0 saturated carbocycles. The highest BCUT2D eigenvalue weighted by Gasteiger charge is 2.08. The van der Waals surface area contributed by atoms with Gasteiger partial charge in [0.15, 0.2) is 18.1 Å². The van der Waals surface area contributed by atoms with E-state index < -0.39 is 0 Å². The van der Waals surface area contributed by atoms with Gasteiger partial charge < -0.3 is 19.2 Å². The van der Waals surface area contributed by atoms with E-state index in [2.05, 4.69) is 5.32 Å². The van der Waals surface area contributed by atoms with Crippen molar-refractivity contribution in [2.75, 3.05) is 13.7 Å². The summed E-state index contributed by atoms with van der Waals surface area (Å²) in [6.07, 6.45) is 5.47. The molecule has 0 fully saturated rings. The van der Waals surface area contributed by atoms with E-state index in [4.69, 9.17) is 13.9 Å². The number of amides is 1. The summed E-state index contributed by atoms with van der Waals surface area (Å²) in [7, 11) is 1.57. The molecule has 1 aromatic heterocycles. The molecule has 0 aliphatic carbocycles. The SMILES string of the molecule is CC=Cc1ccc(OCC(=O)NCc2ccco2)c(OC)c1. The van der Waals surface area contributed by atoms with Gasteiger partial charge in [-0.3, -0.25) is 4.79 Å². The van der Waals surface area contributed by atoms with Gasteiger partial charge in [0.25, 0.3) is 5.91 Å². The summed E-state index contributed by atoms with van der Waals surface area (Å²) in [5.74, 6) is 1.59. The van der Waals surface area contributed by atoms with Crippen LogP contribution in [0, 0.1) is 0 Å². The van der Waals surface area contributed by atoms with Crippen LogP contribution in [-0.2, 0) is 11.3 Å². The van der Waals surface area contributed by atoms with Crippen LogP contribution in [-0.4, -0.2) is 19.6 Å². The van der Waals surface area contributed by atoms with Crippen molar-refractivity contribution in [2.45, 2.75) is 13.5 Å². The highest BCUT2D eigenvalue weighted by Crippen LogP contribution is 2.28. The number of rotatable bonds is 7. The fraction of sp³-hybridized carbons (Fsp3) is 0.235. The third-order valence-electron chi connectivity index (χ3n) is 2.95. The van der Waals surface area contributed by atoms with Gasteiger partial charge in [-0.15, -0.1) is 0 Å². The Bertz CT molecular complexity index is 632. The van der Waals surface area contributed by atoms with Gasteiger partial charge >= 0.3 is 0 Å². The molecule has 2 rings (SSSR count). The van der Waals surface area contributed by atoms with Gasteiger partial charge in [-0.1, -0.05) is 18.2 Å². The minimum Gasteiger partial charge on any atom is -0.493 e. The fourth-order valence-electron chi connectivity index (χ4n) is 1.89. The maximum Gasteiger partial charge on any atom is 0.258 e. The Kier molecular flexibility index (Phi) is 5.65. The maximum atomic E-state index is 11.8. The fourth-order valence-corrected chi connectivity index (χ4v) is 1.89. The molecule has 2 aromatic rings. The van der Waals surface area contributed by atoms with Gasteiger partial charge in [0.05, 0.1) is 19.9 Å². The highest BCUT2D eigenvalue weighted by molar-refractivity contribution is 5.77. The predicted octanol–water partition coefficient (Wildman–Crippen LogP) is 3.02. The summed E-state index contributed by atoms with van der Waals surface area (Å²) >= 11 is 0. The van der Waals surface area contributed by atoms with Crippen LogP contribution in [0.25, 0.3) is 6.08 Å². The molecule has 0 unspecified atom stereocenters. The number of furan rings is 1. The zero-order chi connectivity index (χ0) is 15.8.